The topological polar surface area (TPSA) is 105 Å². The number of aliphatic carboxylic acids is 1. The number of hydrogen-bond donors (Lipinski definition) is 2. The Morgan fingerprint density at radius 1 is 0.923 bits per heavy atom. The third-order valence-corrected chi connectivity index (χ3v) is 6.63. The fourth-order valence-corrected chi connectivity index (χ4v) is 4.79. The van der Waals surface area contributed by atoms with Crippen molar-refractivity contribution in [2.45, 2.75) is 51.3 Å². The SMILES string of the molecule is CN(C(=O)OCC1c2ccccc2-c2ccccc21)[C@@H](Cc1cccc(CNC(=O)OC(C)(C)C)c1)C(=O)O. The number of carboxylic acids is 1. The summed E-state index contributed by atoms with van der Waals surface area (Å²) >= 11 is 0. The monoisotopic (exact) mass is 530 g/mol. The van der Waals surface area contributed by atoms with Crippen LogP contribution in [-0.2, 0) is 27.2 Å². The number of benzene rings is 3. The highest BCUT2D eigenvalue weighted by Crippen LogP contribution is 2.44. The highest BCUT2D eigenvalue weighted by molar-refractivity contribution is 5.81. The molecule has 0 radical (unpaired) electrons. The molecule has 1 atom stereocenters. The summed E-state index contributed by atoms with van der Waals surface area (Å²) in [6.07, 6.45) is -1.16. The van der Waals surface area contributed by atoms with E-state index < -0.39 is 29.8 Å². The van der Waals surface area contributed by atoms with E-state index in [0.717, 1.165) is 32.7 Å². The number of nitrogens with zero attached hydrogens (tertiary/aromatic N) is 1. The normalized spacial score (nSPS) is 13.1. The van der Waals surface area contributed by atoms with Crippen LogP contribution >= 0.6 is 0 Å². The van der Waals surface area contributed by atoms with Crippen molar-refractivity contribution in [3.63, 3.8) is 0 Å². The van der Waals surface area contributed by atoms with E-state index in [0.29, 0.717) is 5.56 Å². The molecule has 3 aromatic carbocycles. The molecule has 0 saturated heterocycles. The van der Waals surface area contributed by atoms with Gasteiger partial charge in [-0.25, -0.2) is 14.4 Å². The van der Waals surface area contributed by atoms with Crippen molar-refractivity contribution in [3.8, 4) is 11.1 Å². The molecule has 0 aliphatic heterocycles. The van der Waals surface area contributed by atoms with E-state index in [2.05, 4.69) is 17.4 Å². The molecule has 204 valence electrons. The molecule has 39 heavy (non-hydrogen) atoms. The molecule has 2 amide bonds. The van der Waals surface area contributed by atoms with Crippen molar-refractivity contribution in [1.29, 1.82) is 0 Å². The van der Waals surface area contributed by atoms with Gasteiger partial charge in [-0.05, 0) is 54.2 Å². The summed E-state index contributed by atoms with van der Waals surface area (Å²) in [6.45, 7) is 5.68. The van der Waals surface area contributed by atoms with Crippen molar-refractivity contribution in [2.75, 3.05) is 13.7 Å². The number of carbonyl (C=O) groups excluding carboxylic acids is 2. The summed E-state index contributed by atoms with van der Waals surface area (Å²) in [7, 11) is 1.44. The molecule has 0 spiro atoms. The van der Waals surface area contributed by atoms with Gasteiger partial charge < -0.3 is 19.9 Å². The van der Waals surface area contributed by atoms with Crippen LogP contribution in [0.1, 0.15) is 48.9 Å². The predicted molar refractivity (Wildman–Crippen MR) is 147 cm³/mol. The van der Waals surface area contributed by atoms with E-state index in [9.17, 15) is 19.5 Å². The second-order valence-corrected chi connectivity index (χ2v) is 10.6. The van der Waals surface area contributed by atoms with Crippen LogP contribution in [0.5, 0.6) is 0 Å². The lowest BCUT2D eigenvalue weighted by Crippen LogP contribution is -2.44. The van der Waals surface area contributed by atoms with E-state index in [1.54, 1.807) is 39.0 Å². The summed E-state index contributed by atoms with van der Waals surface area (Å²) in [4.78, 5) is 38.2. The first-order chi connectivity index (χ1) is 18.5. The molecule has 8 heteroatoms. The zero-order chi connectivity index (χ0) is 28.2. The van der Waals surface area contributed by atoms with Gasteiger partial charge in [0.2, 0.25) is 0 Å². The maximum atomic E-state index is 13.0. The zero-order valence-electron chi connectivity index (χ0n) is 22.6. The molecular formula is C31H34N2O6. The van der Waals surface area contributed by atoms with Crippen molar-refractivity contribution in [1.82, 2.24) is 10.2 Å². The molecule has 1 aliphatic rings. The molecule has 4 rings (SSSR count). The van der Waals surface area contributed by atoms with Crippen molar-refractivity contribution >= 4 is 18.2 Å². The Kier molecular flexibility index (Phi) is 8.24. The lowest BCUT2D eigenvalue weighted by molar-refractivity contribution is -0.142. The average Bonchev–Trinajstić information content (AvgIpc) is 3.21. The van der Waals surface area contributed by atoms with Crippen LogP contribution in [0, 0.1) is 0 Å². The number of ether oxygens (including phenoxy) is 2. The Balaban J connectivity index is 1.39. The molecule has 0 heterocycles. The molecular weight excluding hydrogens is 496 g/mol. The number of likely N-dealkylation sites (N-methyl/N-ethyl adjacent to an activating group) is 1. The van der Waals surface area contributed by atoms with E-state index >= 15 is 0 Å². The van der Waals surface area contributed by atoms with Gasteiger partial charge in [-0.1, -0.05) is 72.8 Å². The number of amides is 2. The molecule has 0 unspecified atom stereocenters. The maximum Gasteiger partial charge on any atom is 0.410 e. The van der Waals surface area contributed by atoms with Gasteiger partial charge >= 0.3 is 18.2 Å². The third-order valence-electron chi connectivity index (χ3n) is 6.63. The van der Waals surface area contributed by atoms with Gasteiger partial charge in [0.15, 0.2) is 0 Å². The first kappa shape index (κ1) is 27.7. The second kappa shape index (κ2) is 11.6. The number of carbonyl (C=O) groups is 3. The summed E-state index contributed by atoms with van der Waals surface area (Å²) in [5.41, 5.74) is 5.29. The highest BCUT2D eigenvalue weighted by Gasteiger charge is 2.32. The van der Waals surface area contributed by atoms with Gasteiger partial charge in [0.05, 0.1) is 0 Å². The zero-order valence-corrected chi connectivity index (χ0v) is 22.6. The minimum absolute atomic E-state index is 0.0797. The van der Waals surface area contributed by atoms with Crippen molar-refractivity contribution in [3.05, 3.63) is 95.1 Å². The Hall–Kier alpha value is -4.33. The Labute approximate surface area is 228 Å². The van der Waals surface area contributed by atoms with E-state index in [1.807, 2.05) is 42.5 Å². The standard InChI is InChI=1S/C31H34N2O6/c1-31(2,3)39-29(36)32-18-21-11-9-10-20(16-21)17-27(28(34)35)33(4)30(37)38-19-26-24-14-7-5-12-22(24)23-13-6-8-15-25(23)26/h5-16,26-27H,17-19H2,1-4H3,(H,32,36)(H,34,35)/t27-/m0/s1. The second-order valence-electron chi connectivity index (χ2n) is 10.6. The lowest BCUT2D eigenvalue weighted by Gasteiger charge is -2.25. The summed E-state index contributed by atoms with van der Waals surface area (Å²) < 4.78 is 10.9. The number of hydrogen-bond acceptors (Lipinski definition) is 5. The molecule has 3 aromatic rings. The van der Waals surface area contributed by atoms with Crippen molar-refractivity contribution < 1.29 is 29.0 Å². The van der Waals surface area contributed by atoms with Crippen LogP contribution in [0.25, 0.3) is 11.1 Å². The average molecular weight is 531 g/mol. The van der Waals surface area contributed by atoms with Crippen molar-refractivity contribution in [2.24, 2.45) is 0 Å². The minimum Gasteiger partial charge on any atom is -0.480 e. The molecule has 2 N–H and O–H groups in total. The smallest absolute Gasteiger partial charge is 0.410 e. The number of carboxylic acid groups (broad SMARTS) is 1. The van der Waals surface area contributed by atoms with E-state index in [-0.39, 0.29) is 25.5 Å². The molecule has 0 bridgehead atoms. The highest BCUT2D eigenvalue weighted by atomic mass is 16.6. The Morgan fingerprint density at radius 2 is 1.51 bits per heavy atom. The predicted octanol–water partition coefficient (Wildman–Crippen LogP) is 5.59. The third kappa shape index (κ3) is 6.76. The molecule has 0 aromatic heterocycles. The lowest BCUT2D eigenvalue weighted by atomic mass is 9.98. The Morgan fingerprint density at radius 3 is 2.10 bits per heavy atom. The van der Waals surface area contributed by atoms with E-state index in [1.165, 1.54) is 7.05 Å². The first-order valence-corrected chi connectivity index (χ1v) is 12.9. The molecule has 0 fully saturated rings. The number of rotatable bonds is 8. The quantitative estimate of drug-likeness (QED) is 0.394. The number of nitrogens with one attached hydrogen (secondary N) is 1. The number of fused-ring (bicyclic) bond motifs is 3. The van der Waals surface area contributed by atoms with Gasteiger partial charge in [-0.2, -0.15) is 0 Å². The summed E-state index contributed by atoms with van der Waals surface area (Å²) in [5, 5.41) is 12.6. The largest absolute Gasteiger partial charge is 0.480 e. The van der Waals surface area contributed by atoms with Crippen LogP contribution in [-0.4, -0.2) is 53.5 Å². The fraction of sp³-hybridized carbons (Fsp3) is 0.323. The van der Waals surface area contributed by atoms with Gasteiger partial charge in [-0.3, -0.25) is 4.90 Å². The fourth-order valence-electron chi connectivity index (χ4n) is 4.79. The van der Waals surface area contributed by atoms with Crippen LogP contribution < -0.4 is 5.32 Å². The molecule has 8 nitrogen and oxygen atoms in total. The van der Waals surface area contributed by atoms with Crippen LogP contribution in [0.4, 0.5) is 9.59 Å². The van der Waals surface area contributed by atoms with Gasteiger partial charge in [0.25, 0.3) is 0 Å². The Bertz CT molecular complexity index is 1320. The number of alkyl carbamates (subject to hydrolysis) is 1. The van der Waals surface area contributed by atoms with Gasteiger partial charge in [-0.15, -0.1) is 0 Å². The van der Waals surface area contributed by atoms with Crippen LogP contribution in [0.2, 0.25) is 0 Å². The molecule has 1 aliphatic carbocycles. The maximum absolute atomic E-state index is 13.0. The summed E-state index contributed by atoms with van der Waals surface area (Å²) in [6, 6.07) is 22.1. The van der Waals surface area contributed by atoms with E-state index in [4.69, 9.17) is 9.47 Å². The minimum atomic E-state index is -1.14. The van der Waals surface area contributed by atoms with Crippen LogP contribution in [0.3, 0.4) is 0 Å². The van der Waals surface area contributed by atoms with Gasteiger partial charge in [0.1, 0.15) is 18.2 Å². The summed E-state index contributed by atoms with van der Waals surface area (Å²) in [5.74, 6) is -1.25. The molecule has 0 saturated carbocycles. The van der Waals surface area contributed by atoms with Gasteiger partial charge in [0, 0.05) is 25.9 Å². The van der Waals surface area contributed by atoms with Crippen LogP contribution in [0.15, 0.2) is 72.8 Å². The first-order valence-electron chi connectivity index (χ1n) is 12.9.